The van der Waals surface area contributed by atoms with Crippen LogP contribution in [0.3, 0.4) is 0 Å². The van der Waals surface area contributed by atoms with Gasteiger partial charge in [0.2, 0.25) is 16.4 Å². The van der Waals surface area contributed by atoms with Crippen LogP contribution in [0, 0.1) is 0 Å². The van der Waals surface area contributed by atoms with E-state index in [2.05, 4.69) is 10.6 Å². The van der Waals surface area contributed by atoms with Crippen molar-refractivity contribution in [2.45, 2.75) is 28.0 Å². The Labute approximate surface area is 242 Å². The second-order valence-electron chi connectivity index (χ2n) is 7.84. The first-order chi connectivity index (χ1) is 18.6. The molecule has 1 heterocycles. The summed E-state index contributed by atoms with van der Waals surface area (Å²) in [5.41, 5.74) is 0.662. The monoisotopic (exact) mass is 617 g/mol. The van der Waals surface area contributed by atoms with E-state index in [0.29, 0.717) is 23.1 Å². The fourth-order valence-electron chi connectivity index (χ4n) is 3.31. The number of alkyl halides is 3. The maximum atomic E-state index is 13.1. The van der Waals surface area contributed by atoms with E-state index in [0.717, 1.165) is 4.90 Å². The molecule has 208 valence electrons. The smallest absolute Gasteiger partial charge is 0.369 e. The van der Waals surface area contributed by atoms with Crippen LogP contribution in [0.4, 0.5) is 4.79 Å². The molecule has 2 aromatic rings. The van der Waals surface area contributed by atoms with Crippen LogP contribution in [0.15, 0.2) is 60.7 Å². The summed E-state index contributed by atoms with van der Waals surface area (Å²) in [6.07, 6.45) is -1.41. The Morgan fingerprint density at radius 2 is 1.67 bits per heavy atom. The van der Waals surface area contributed by atoms with Crippen molar-refractivity contribution in [3.05, 3.63) is 66.2 Å². The second-order valence-corrected chi connectivity index (χ2v) is 11.4. The first-order valence-corrected chi connectivity index (χ1v) is 13.2. The summed E-state index contributed by atoms with van der Waals surface area (Å²) < 4.78 is 13.7. The first kappa shape index (κ1) is 30.4. The van der Waals surface area contributed by atoms with E-state index >= 15 is 0 Å². The van der Waals surface area contributed by atoms with Crippen molar-refractivity contribution in [1.82, 2.24) is 15.5 Å². The van der Waals surface area contributed by atoms with E-state index in [1.54, 1.807) is 60.7 Å². The van der Waals surface area contributed by atoms with Gasteiger partial charge >= 0.3 is 11.3 Å². The molecule has 11 nitrogen and oxygen atoms in total. The summed E-state index contributed by atoms with van der Waals surface area (Å²) in [5.74, 6) is -2.00. The van der Waals surface area contributed by atoms with Gasteiger partial charge in [0.25, 0.3) is 11.8 Å². The van der Waals surface area contributed by atoms with E-state index < -0.39 is 57.7 Å². The molecule has 15 heteroatoms. The van der Waals surface area contributed by atoms with Crippen molar-refractivity contribution in [3.8, 4) is 5.75 Å². The van der Waals surface area contributed by atoms with Gasteiger partial charge in [-0.05, 0) is 29.5 Å². The summed E-state index contributed by atoms with van der Waals surface area (Å²) in [4.78, 5) is 63.0. The highest BCUT2D eigenvalue weighted by Crippen LogP contribution is 2.34. The third kappa shape index (κ3) is 9.20. The number of ether oxygens (including phenoxy) is 3. The Morgan fingerprint density at radius 3 is 2.28 bits per heavy atom. The number of benzene rings is 2. The zero-order valence-corrected chi connectivity index (χ0v) is 23.0. The first-order valence-electron chi connectivity index (χ1n) is 11.2. The molecule has 1 fully saturated rings. The van der Waals surface area contributed by atoms with Crippen LogP contribution in [0.1, 0.15) is 5.56 Å². The van der Waals surface area contributed by atoms with Crippen molar-refractivity contribution in [2.24, 2.45) is 0 Å². The van der Waals surface area contributed by atoms with E-state index in [1.165, 1.54) is 0 Å². The van der Waals surface area contributed by atoms with Crippen molar-refractivity contribution in [3.63, 3.8) is 0 Å². The lowest BCUT2D eigenvalue weighted by atomic mass is 10.1. The lowest BCUT2D eigenvalue weighted by molar-refractivity contribution is -0.168. The van der Waals surface area contributed by atoms with Gasteiger partial charge in [0.05, 0.1) is 0 Å². The summed E-state index contributed by atoms with van der Waals surface area (Å²) in [6.45, 7) is -1.17. The maximum absolute atomic E-state index is 13.1. The molecule has 0 bridgehead atoms. The van der Waals surface area contributed by atoms with Gasteiger partial charge in [-0.2, -0.15) is 0 Å². The lowest BCUT2D eigenvalue weighted by Crippen LogP contribution is -2.75. The van der Waals surface area contributed by atoms with Crippen LogP contribution in [-0.4, -0.2) is 69.0 Å². The van der Waals surface area contributed by atoms with E-state index in [-0.39, 0.29) is 13.0 Å². The molecule has 0 saturated carbocycles. The molecular weight excluding hydrogens is 597 g/mol. The van der Waals surface area contributed by atoms with Gasteiger partial charge in [-0.3, -0.25) is 19.3 Å². The number of β-lactam (4-membered cyclic amide) rings is 1. The number of hydrogen-bond donors (Lipinski definition) is 2. The number of esters is 1. The van der Waals surface area contributed by atoms with Gasteiger partial charge < -0.3 is 24.8 Å². The standard InChI is InChI=1S/C24H22Cl3N3O8S/c25-24(26,27)13-38-23(35)39-21-18(29-17(32)12-36-16-9-5-2-6-10-16)20(33)30(21)19(28-14-31)22(34)37-11-15-7-3-1-4-8-15/h1-10,14,18-19,21H,11-13H2,(H,28,31)(H,29,32). The fourth-order valence-corrected chi connectivity index (χ4v) is 4.45. The van der Waals surface area contributed by atoms with Crippen LogP contribution in [0.25, 0.3) is 0 Å². The molecule has 2 N–H and O–H groups in total. The molecule has 1 aliphatic heterocycles. The highest BCUT2D eigenvalue weighted by atomic mass is 35.6. The minimum absolute atomic E-state index is 0.140. The normalized spacial score (nSPS) is 17.3. The zero-order chi connectivity index (χ0) is 28.4. The Bertz CT molecular complexity index is 1170. The molecule has 3 unspecified atom stereocenters. The molecule has 3 amide bonds. The molecule has 1 aliphatic rings. The number of hydrogen-bond acceptors (Lipinski definition) is 9. The second kappa shape index (κ2) is 14.3. The summed E-state index contributed by atoms with van der Waals surface area (Å²) in [7, 11) is 0. The SMILES string of the molecule is O=CNC(C(=O)OCc1ccccc1)N1C(=O)C(NC(=O)COc2ccccc2)C1SC(=O)OCC(Cl)(Cl)Cl. The van der Waals surface area contributed by atoms with Gasteiger partial charge in [-0.25, -0.2) is 9.59 Å². The maximum Gasteiger partial charge on any atom is 0.369 e. The average Bonchev–Trinajstić information content (AvgIpc) is 2.92. The molecule has 1 saturated heterocycles. The number of nitrogens with one attached hydrogen (secondary N) is 2. The number of carbonyl (C=O) groups excluding carboxylic acids is 5. The van der Waals surface area contributed by atoms with Crippen LogP contribution >= 0.6 is 46.6 Å². The molecule has 3 rings (SSSR count). The third-order valence-corrected chi connectivity index (χ3v) is 6.41. The molecule has 0 aromatic heterocycles. The zero-order valence-electron chi connectivity index (χ0n) is 20.0. The Morgan fingerprint density at radius 1 is 1.03 bits per heavy atom. The topological polar surface area (TPSA) is 140 Å². The number of nitrogens with zero attached hydrogens (tertiary/aromatic N) is 1. The minimum Gasteiger partial charge on any atom is -0.484 e. The summed E-state index contributed by atoms with van der Waals surface area (Å²) in [5, 5.41) is 2.51. The number of rotatable bonds is 12. The Hall–Kier alpha value is -3.19. The van der Waals surface area contributed by atoms with E-state index in [9.17, 15) is 24.0 Å². The van der Waals surface area contributed by atoms with Crippen LogP contribution in [0.2, 0.25) is 0 Å². The van der Waals surface area contributed by atoms with Crippen molar-refractivity contribution >= 4 is 76.1 Å². The van der Waals surface area contributed by atoms with Crippen LogP contribution in [0.5, 0.6) is 5.75 Å². The predicted octanol–water partition coefficient (Wildman–Crippen LogP) is 2.77. The summed E-state index contributed by atoms with van der Waals surface area (Å²) >= 11 is 17.3. The third-order valence-electron chi connectivity index (χ3n) is 5.03. The molecule has 39 heavy (non-hydrogen) atoms. The van der Waals surface area contributed by atoms with Gasteiger partial charge in [-0.15, -0.1) is 0 Å². The van der Waals surface area contributed by atoms with Crippen molar-refractivity contribution in [1.29, 1.82) is 0 Å². The van der Waals surface area contributed by atoms with Crippen molar-refractivity contribution < 1.29 is 38.2 Å². The van der Waals surface area contributed by atoms with Gasteiger partial charge in [0.15, 0.2) is 6.61 Å². The highest BCUT2D eigenvalue weighted by Gasteiger charge is 2.55. The molecule has 0 aliphatic carbocycles. The number of carbonyl (C=O) groups is 5. The molecule has 0 spiro atoms. The number of para-hydroxylation sites is 1. The number of halogens is 3. The van der Waals surface area contributed by atoms with Crippen molar-refractivity contribution in [2.75, 3.05) is 13.2 Å². The Balaban J connectivity index is 1.71. The average molecular weight is 619 g/mol. The number of amides is 3. The minimum atomic E-state index is -1.89. The van der Waals surface area contributed by atoms with E-state index in [4.69, 9.17) is 49.0 Å². The van der Waals surface area contributed by atoms with Gasteiger partial charge in [0.1, 0.15) is 30.4 Å². The molecule has 0 radical (unpaired) electrons. The Kier molecular flexibility index (Phi) is 11.1. The lowest BCUT2D eigenvalue weighted by Gasteiger charge is -2.48. The van der Waals surface area contributed by atoms with Gasteiger partial charge in [-0.1, -0.05) is 83.3 Å². The number of thioether (sulfide) groups is 1. The predicted molar refractivity (Wildman–Crippen MR) is 143 cm³/mol. The molecule has 2 aromatic carbocycles. The highest BCUT2D eigenvalue weighted by molar-refractivity contribution is 8.13. The van der Waals surface area contributed by atoms with Crippen LogP contribution < -0.4 is 15.4 Å². The number of likely N-dealkylation sites (tertiary alicyclic amines) is 1. The fraction of sp³-hybridized carbons (Fsp3) is 0.292. The summed E-state index contributed by atoms with van der Waals surface area (Å²) in [6, 6.07) is 15.9. The molecular formula is C24H22Cl3N3O8S. The van der Waals surface area contributed by atoms with E-state index in [1.807, 2.05) is 0 Å². The van der Waals surface area contributed by atoms with Crippen LogP contribution in [-0.2, 0) is 35.3 Å². The largest absolute Gasteiger partial charge is 0.484 e. The van der Waals surface area contributed by atoms with Gasteiger partial charge in [0, 0.05) is 0 Å². The quantitative estimate of drug-likeness (QED) is 0.159. The molecule has 3 atom stereocenters.